The quantitative estimate of drug-likeness (QED) is 0.677. The molecule has 1 atom stereocenters. The first-order valence-corrected chi connectivity index (χ1v) is 12.4. The van der Waals surface area contributed by atoms with Crippen LogP contribution in [-0.4, -0.2) is 90.5 Å². The molecule has 4 rings (SSSR count). The maximum absolute atomic E-state index is 12.1. The molecule has 30 heavy (non-hydrogen) atoms. The highest BCUT2D eigenvalue weighted by Crippen LogP contribution is 2.30. The number of hydrogen-bond donors (Lipinski definition) is 0. The first kappa shape index (κ1) is 21.3. The van der Waals surface area contributed by atoms with Crippen molar-refractivity contribution in [3.8, 4) is 0 Å². The summed E-state index contributed by atoms with van der Waals surface area (Å²) in [5, 5.41) is 0. The van der Waals surface area contributed by atoms with Crippen molar-refractivity contribution in [2.75, 3.05) is 62.0 Å². The van der Waals surface area contributed by atoms with Crippen LogP contribution in [0.25, 0.3) is 11.2 Å². The van der Waals surface area contributed by atoms with E-state index in [0.717, 1.165) is 42.6 Å². The summed E-state index contributed by atoms with van der Waals surface area (Å²) in [6.45, 7) is 11.6. The monoisotopic (exact) mass is 437 g/mol. The molecule has 11 heteroatoms. The predicted molar refractivity (Wildman–Crippen MR) is 116 cm³/mol. The van der Waals surface area contributed by atoms with Crippen LogP contribution in [0.2, 0.25) is 0 Å². The van der Waals surface area contributed by atoms with Crippen LogP contribution in [0.15, 0.2) is 6.33 Å². The normalized spacial score (nSPS) is 21.7. The van der Waals surface area contributed by atoms with E-state index in [9.17, 15) is 8.42 Å². The van der Waals surface area contributed by atoms with Gasteiger partial charge >= 0.3 is 0 Å². The van der Waals surface area contributed by atoms with E-state index in [2.05, 4.69) is 38.2 Å². The molecule has 10 nitrogen and oxygen atoms in total. The Morgan fingerprint density at radius 2 is 1.87 bits per heavy atom. The lowest BCUT2D eigenvalue weighted by Crippen LogP contribution is -2.54. The molecule has 0 aromatic carbocycles. The SMILES string of the molecule is CC(C)Cn1c(N2CCN(S(C)(=O)=O)[C@H](C)C2)nc2c(N3CCOCC3)ncnc21. The lowest BCUT2D eigenvalue weighted by Gasteiger charge is -2.38. The van der Waals surface area contributed by atoms with Gasteiger partial charge in [0.2, 0.25) is 16.0 Å². The van der Waals surface area contributed by atoms with E-state index in [1.807, 2.05) is 6.92 Å². The van der Waals surface area contributed by atoms with Crippen molar-refractivity contribution in [3.63, 3.8) is 0 Å². The molecule has 0 N–H and O–H groups in total. The van der Waals surface area contributed by atoms with Crippen LogP contribution in [-0.2, 0) is 21.3 Å². The van der Waals surface area contributed by atoms with Gasteiger partial charge in [-0.3, -0.25) is 4.57 Å². The van der Waals surface area contributed by atoms with Crippen LogP contribution in [0.5, 0.6) is 0 Å². The van der Waals surface area contributed by atoms with Crippen molar-refractivity contribution in [1.29, 1.82) is 0 Å². The molecule has 0 unspecified atom stereocenters. The summed E-state index contributed by atoms with van der Waals surface area (Å²) in [5.74, 6) is 2.10. The van der Waals surface area contributed by atoms with Gasteiger partial charge in [0.1, 0.15) is 6.33 Å². The molecule has 0 aliphatic carbocycles. The highest BCUT2D eigenvalue weighted by molar-refractivity contribution is 7.88. The smallest absolute Gasteiger partial charge is 0.211 e. The van der Waals surface area contributed by atoms with Crippen LogP contribution in [0.3, 0.4) is 0 Å². The van der Waals surface area contributed by atoms with E-state index in [1.165, 1.54) is 6.26 Å². The summed E-state index contributed by atoms with van der Waals surface area (Å²) < 4.78 is 33.3. The average Bonchev–Trinajstić information content (AvgIpc) is 3.05. The van der Waals surface area contributed by atoms with Gasteiger partial charge in [0.15, 0.2) is 17.0 Å². The Bertz CT molecular complexity index is 1000. The molecule has 2 aromatic rings. The van der Waals surface area contributed by atoms with Gasteiger partial charge in [-0.05, 0) is 12.8 Å². The number of imidazole rings is 1. The third-order valence-corrected chi connectivity index (χ3v) is 7.02. The first-order chi connectivity index (χ1) is 14.3. The second-order valence-corrected chi connectivity index (χ2v) is 10.5. The third kappa shape index (κ3) is 4.10. The Morgan fingerprint density at radius 3 is 2.50 bits per heavy atom. The number of ether oxygens (including phenoxy) is 1. The van der Waals surface area contributed by atoms with Crippen molar-refractivity contribution in [1.82, 2.24) is 23.8 Å². The van der Waals surface area contributed by atoms with Gasteiger partial charge in [-0.2, -0.15) is 4.31 Å². The number of piperazine rings is 1. The number of morpholine rings is 1. The molecule has 2 aliphatic rings. The van der Waals surface area contributed by atoms with Gasteiger partial charge in [0.25, 0.3) is 0 Å². The summed E-state index contributed by atoms with van der Waals surface area (Å²) in [6.07, 6.45) is 2.89. The van der Waals surface area contributed by atoms with Gasteiger partial charge in [-0.25, -0.2) is 23.4 Å². The molecule has 0 bridgehead atoms. The van der Waals surface area contributed by atoms with Gasteiger partial charge in [0.05, 0.1) is 19.5 Å². The summed E-state index contributed by atoms with van der Waals surface area (Å²) >= 11 is 0. The number of fused-ring (bicyclic) bond motifs is 1. The Balaban J connectivity index is 1.73. The molecule has 0 spiro atoms. The lowest BCUT2D eigenvalue weighted by atomic mass is 10.2. The zero-order valence-electron chi connectivity index (χ0n) is 18.2. The molecule has 2 fully saturated rings. The molecule has 2 aliphatic heterocycles. The van der Waals surface area contributed by atoms with Crippen molar-refractivity contribution >= 4 is 33.0 Å². The minimum Gasteiger partial charge on any atom is -0.378 e. The molecule has 2 saturated heterocycles. The van der Waals surface area contributed by atoms with Crippen molar-refractivity contribution in [3.05, 3.63) is 6.33 Å². The van der Waals surface area contributed by atoms with Gasteiger partial charge < -0.3 is 14.5 Å². The van der Waals surface area contributed by atoms with E-state index in [4.69, 9.17) is 9.72 Å². The average molecular weight is 438 g/mol. The largest absolute Gasteiger partial charge is 0.378 e. The molecular formula is C19H31N7O3S. The Morgan fingerprint density at radius 1 is 1.13 bits per heavy atom. The molecular weight excluding hydrogens is 406 g/mol. The fraction of sp³-hybridized carbons (Fsp3) is 0.737. The highest BCUT2D eigenvalue weighted by atomic mass is 32.2. The number of aromatic nitrogens is 4. The zero-order chi connectivity index (χ0) is 21.5. The summed E-state index contributed by atoms with van der Waals surface area (Å²) in [4.78, 5) is 18.5. The van der Waals surface area contributed by atoms with Crippen LogP contribution in [0.1, 0.15) is 20.8 Å². The Kier molecular flexibility index (Phi) is 5.86. The number of anilines is 2. The molecule has 0 saturated carbocycles. The van der Waals surface area contributed by atoms with Crippen molar-refractivity contribution < 1.29 is 13.2 Å². The fourth-order valence-corrected chi connectivity index (χ4v) is 5.44. The Hall–Kier alpha value is -1.98. The van der Waals surface area contributed by atoms with Gasteiger partial charge in [-0.15, -0.1) is 0 Å². The molecule has 4 heterocycles. The van der Waals surface area contributed by atoms with Crippen molar-refractivity contribution in [2.24, 2.45) is 5.92 Å². The molecule has 2 aromatic heterocycles. The second-order valence-electron chi connectivity index (χ2n) is 8.55. The van der Waals surface area contributed by atoms with Gasteiger partial charge in [-0.1, -0.05) is 13.8 Å². The van der Waals surface area contributed by atoms with E-state index in [-0.39, 0.29) is 6.04 Å². The molecule has 166 valence electrons. The number of nitrogens with zero attached hydrogens (tertiary/aromatic N) is 7. The maximum atomic E-state index is 12.1. The zero-order valence-corrected chi connectivity index (χ0v) is 19.0. The summed E-state index contributed by atoms with van der Waals surface area (Å²) in [7, 11) is -3.22. The minimum absolute atomic E-state index is 0.120. The third-order valence-electron chi connectivity index (χ3n) is 5.63. The number of hydrogen-bond acceptors (Lipinski definition) is 8. The van der Waals surface area contributed by atoms with Crippen LogP contribution in [0, 0.1) is 5.92 Å². The second kappa shape index (κ2) is 8.27. The van der Waals surface area contributed by atoms with Crippen LogP contribution >= 0.6 is 0 Å². The van der Waals surface area contributed by atoms with E-state index in [1.54, 1.807) is 10.6 Å². The van der Waals surface area contributed by atoms with Gasteiger partial charge in [0, 0.05) is 45.3 Å². The van der Waals surface area contributed by atoms with Crippen LogP contribution in [0.4, 0.5) is 11.8 Å². The first-order valence-electron chi connectivity index (χ1n) is 10.5. The molecule has 0 radical (unpaired) electrons. The number of sulfonamides is 1. The molecule has 0 amide bonds. The van der Waals surface area contributed by atoms with E-state index >= 15 is 0 Å². The predicted octanol–water partition coefficient (Wildman–Crippen LogP) is 0.789. The summed E-state index contributed by atoms with van der Waals surface area (Å²) in [5.41, 5.74) is 1.63. The topological polar surface area (TPSA) is 96.7 Å². The maximum Gasteiger partial charge on any atom is 0.211 e. The number of rotatable bonds is 5. The minimum atomic E-state index is -3.22. The fourth-order valence-electron chi connectivity index (χ4n) is 4.31. The van der Waals surface area contributed by atoms with E-state index in [0.29, 0.717) is 38.8 Å². The summed E-state index contributed by atoms with van der Waals surface area (Å²) in [6, 6.07) is -0.120. The highest BCUT2D eigenvalue weighted by Gasteiger charge is 2.33. The van der Waals surface area contributed by atoms with E-state index < -0.39 is 10.0 Å². The van der Waals surface area contributed by atoms with Crippen molar-refractivity contribution in [2.45, 2.75) is 33.4 Å². The van der Waals surface area contributed by atoms with Crippen LogP contribution < -0.4 is 9.80 Å². The lowest BCUT2D eigenvalue weighted by molar-refractivity contribution is 0.122. The standard InChI is InChI=1S/C19H31N7O3S/c1-14(2)11-25-18-16(17(20-13-21-18)23-7-9-29-10-8-23)22-19(25)24-5-6-26(15(3)12-24)30(4,27)28/h13-15H,5-12H2,1-4H3/t15-/m1/s1. The Labute approximate surface area is 177 Å².